The second-order valence-electron chi connectivity index (χ2n) is 5.62. The van der Waals surface area contributed by atoms with Crippen LogP contribution < -0.4 is 15.4 Å². The van der Waals surface area contributed by atoms with E-state index >= 15 is 0 Å². The smallest absolute Gasteiger partial charge is 0.249 e. The Kier molecular flexibility index (Phi) is 5.09. The van der Waals surface area contributed by atoms with E-state index in [2.05, 4.69) is 45.7 Å². The quantitative estimate of drug-likeness (QED) is 0.697. The second kappa shape index (κ2) is 7.61. The van der Waals surface area contributed by atoms with Crippen molar-refractivity contribution in [2.45, 2.75) is 20.8 Å². The molecular formula is C19H21N5O. The summed E-state index contributed by atoms with van der Waals surface area (Å²) in [6.07, 6.45) is 1.60. The minimum Gasteiger partial charge on any atom is -0.494 e. The van der Waals surface area contributed by atoms with Crippen molar-refractivity contribution in [1.29, 1.82) is 0 Å². The fourth-order valence-corrected chi connectivity index (χ4v) is 2.37. The van der Waals surface area contributed by atoms with Crippen molar-refractivity contribution in [3.05, 3.63) is 59.8 Å². The number of hydrogen-bond acceptors (Lipinski definition) is 6. The maximum Gasteiger partial charge on any atom is 0.249 e. The number of anilines is 4. The van der Waals surface area contributed by atoms with Crippen molar-refractivity contribution < 1.29 is 4.74 Å². The predicted octanol–water partition coefficient (Wildman–Crippen LogP) is 4.37. The van der Waals surface area contributed by atoms with Gasteiger partial charge in [-0.1, -0.05) is 12.1 Å². The Morgan fingerprint density at radius 1 is 1.00 bits per heavy atom. The van der Waals surface area contributed by atoms with E-state index < -0.39 is 0 Å². The maximum atomic E-state index is 5.44. The molecule has 25 heavy (non-hydrogen) atoms. The van der Waals surface area contributed by atoms with Crippen molar-refractivity contribution in [1.82, 2.24) is 15.2 Å². The fourth-order valence-electron chi connectivity index (χ4n) is 2.37. The average Bonchev–Trinajstić information content (AvgIpc) is 2.61. The lowest BCUT2D eigenvalue weighted by atomic mass is 10.1. The molecule has 0 unspecified atom stereocenters. The van der Waals surface area contributed by atoms with Crippen LogP contribution in [0.5, 0.6) is 5.75 Å². The van der Waals surface area contributed by atoms with E-state index in [0.717, 1.165) is 17.1 Å². The van der Waals surface area contributed by atoms with Crippen molar-refractivity contribution >= 4 is 23.1 Å². The van der Waals surface area contributed by atoms with Crippen LogP contribution in [0.1, 0.15) is 18.1 Å². The van der Waals surface area contributed by atoms with Gasteiger partial charge < -0.3 is 15.4 Å². The first kappa shape index (κ1) is 16.7. The molecule has 1 aromatic heterocycles. The summed E-state index contributed by atoms with van der Waals surface area (Å²) in [5.41, 5.74) is 4.28. The van der Waals surface area contributed by atoms with E-state index in [0.29, 0.717) is 18.4 Å². The summed E-state index contributed by atoms with van der Waals surface area (Å²) in [6.45, 7) is 6.76. The molecule has 0 spiro atoms. The van der Waals surface area contributed by atoms with Gasteiger partial charge in [0.1, 0.15) is 5.75 Å². The zero-order valence-corrected chi connectivity index (χ0v) is 14.6. The van der Waals surface area contributed by atoms with Gasteiger partial charge in [-0.3, -0.25) is 0 Å². The molecule has 0 amide bonds. The zero-order valence-electron chi connectivity index (χ0n) is 14.6. The van der Waals surface area contributed by atoms with Crippen LogP contribution in [0, 0.1) is 13.8 Å². The summed E-state index contributed by atoms with van der Waals surface area (Å²) in [5.74, 6) is 1.90. The van der Waals surface area contributed by atoms with Crippen LogP contribution in [0.15, 0.2) is 48.7 Å². The summed E-state index contributed by atoms with van der Waals surface area (Å²) in [5, 5.41) is 14.5. The van der Waals surface area contributed by atoms with Gasteiger partial charge in [0.25, 0.3) is 0 Å². The SMILES string of the molecule is CCOc1ccc(Nc2nncc(Nc3cccc(C)c3C)n2)cc1. The van der Waals surface area contributed by atoms with E-state index in [4.69, 9.17) is 4.74 Å². The normalized spacial score (nSPS) is 10.4. The Bertz CT molecular complexity index is 849. The van der Waals surface area contributed by atoms with Crippen LogP contribution in [0.2, 0.25) is 0 Å². The lowest BCUT2D eigenvalue weighted by Crippen LogP contribution is -2.03. The largest absolute Gasteiger partial charge is 0.494 e. The van der Waals surface area contributed by atoms with Gasteiger partial charge >= 0.3 is 0 Å². The maximum absolute atomic E-state index is 5.44. The molecule has 6 heteroatoms. The molecule has 0 radical (unpaired) electrons. The molecule has 3 aromatic rings. The summed E-state index contributed by atoms with van der Waals surface area (Å²) < 4.78 is 5.44. The minimum absolute atomic E-state index is 0.430. The molecule has 0 fully saturated rings. The van der Waals surface area contributed by atoms with Crippen LogP contribution in [-0.4, -0.2) is 21.8 Å². The molecular weight excluding hydrogens is 314 g/mol. The summed E-state index contributed by atoms with van der Waals surface area (Å²) in [7, 11) is 0. The second-order valence-corrected chi connectivity index (χ2v) is 5.62. The zero-order chi connectivity index (χ0) is 17.6. The molecule has 6 nitrogen and oxygen atoms in total. The highest BCUT2D eigenvalue weighted by Gasteiger charge is 2.05. The van der Waals surface area contributed by atoms with E-state index in [1.807, 2.05) is 43.3 Å². The van der Waals surface area contributed by atoms with Gasteiger partial charge in [-0.15, -0.1) is 5.10 Å². The number of hydrogen-bond donors (Lipinski definition) is 2. The summed E-state index contributed by atoms with van der Waals surface area (Å²) in [6, 6.07) is 13.7. The molecule has 0 aliphatic heterocycles. The molecule has 0 aliphatic carbocycles. The topological polar surface area (TPSA) is 72.0 Å². The van der Waals surface area contributed by atoms with Gasteiger partial charge in [0.2, 0.25) is 5.95 Å². The van der Waals surface area contributed by atoms with Gasteiger partial charge in [0.15, 0.2) is 5.82 Å². The highest BCUT2D eigenvalue weighted by molar-refractivity contribution is 5.63. The number of aryl methyl sites for hydroxylation is 1. The van der Waals surface area contributed by atoms with E-state index in [9.17, 15) is 0 Å². The van der Waals surface area contributed by atoms with Crippen LogP contribution in [0.3, 0.4) is 0 Å². The first-order valence-corrected chi connectivity index (χ1v) is 8.18. The van der Waals surface area contributed by atoms with E-state index in [1.165, 1.54) is 11.1 Å². The lowest BCUT2D eigenvalue weighted by molar-refractivity contribution is 0.340. The Labute approximate surface area is 147 Å². The van der Waals surface area contributed by atoms with Gasteiger partial charge in [-0.2, -0.15) is 10.1 Å². The molecule has 2 aromatic carbocycles. The molecule has 3 rings (SSSR count). The number of ether oxygens (including phenoxy) is 1. The molecule has 128 valence electrons. The Morgan fingerprint density at radius 3 is 2.56 bits per heavy atom. The first-order chi connectivity index (χ1) is 12.2. The van der Waals surface area contributed by atoms with Crippen molar-refractivity contribution in [2.24, 2.45) is 0 Å². The van der Waals surface area contributed by atoms with Crippen molar-refractivity contribution in [3.63, 3.8) is 0 Å². The Morgan fingerprint density at radius 2 is 1.80 bits per heavy atom. The van der Waals surface area contributed by atoms with Gasteiger partial charge in [0.05, 0.1) is 12.8 Å². The fraction of sp³-hybridized carbons (Fsp3) is 0.211. The van der Waals surface area contributed by atoms with Crippen molar-refractivity contribution in [3.8, 4) is 5.75 Å². The highest BCUT2D eigenvalue weighted by atomic mass is 16.5. The van der Waals surface area contributed by atoms with Crippen molar-refractivity contribution in [2.75, 3.05) is 17.2 Å². The van der Waals surface area contributed by atoms with Gasteiger partial charge in [-0.05, 0) is 62.2 Å². The number of nitrogens with one attached hydrogen (secondary N) is 2. The predicted molar refractivity (Wildman–Crippen MR) is 99.9 cm³/mol. The number of nitrogens with zero attached hydrogens (tertiary/aromatic N) is 3. The highest BCUT2D eigenvalue weighted by Crippen LogP contribution is 2.22. The third kappa shape index (κ3) is 4.23. The molecule has 0 saturated carbocycles. The van der Waals surface area contributed by atoms with E-state index in [-0.39, 0.29) is 0 Å². The standard InChI is InChI=1S/C19H21N5O/c1-4-25-16-10-8-15(9-11-16)21-19-23-18(12-20-24-19)22-17-7-5-6-13(2)14(17)3/h5-12H,4H2,1-3H3,(H2,21,22,23,24). The third-order valence-corrected chi connectivity index (χ3v) is 3.85. The van der Waals surface area contributed by atoms with Crippen LogP contribution in [0.4, 0.5) is 23.1 Å². The van der Waals surface area contributed by atoms with Crippen LogP contribution >= 0.6 is 0 Å². The van der Waals surface area contributed by atoms with Gasteiger partial charge in [-0.25, -0.2) is 0 Å². The monoisotopic (exact) mass is 335 g/mol. The minimum atomic E-state index is 0.430. The molecule has 0 bridgehead atoms. The summed E-state index contributed by atoms with van der Waals surface area (Å²) in [4.78, 5) is 4.47. The molecule has 2 N–H and O–H groups in total. The third-order valence-electron chi connectivity index (χ3n) is 3.85. The number of aromatic nitrogens is 3. The Hall–Kier alpha value is -3.15. The lowest BCUT2D eigenvalue weighted by Gasteiger charge is -2.11. The van der Waals surface area contributed by atoms with E-state index in [1.54, 1.807) is 6.20 Å². The molecule has 0 atom stereocenters. The number of rotatable bonds is 6. The number of benzene rings is 2. The van der Waals surface area contributed by atoms with Gasteiger partial charge in [0, 0.05) is 11.4 Å². The van der Waals surface area contributed by atoms with Crippen LogP contribution in [-0.2, 0) is 0 Å². The first-order valence-electron chi connectivity index (χ1n) is 8.18. The summed E-state index contributed by atoms with van der Waals surface area (Å²) >= 11 is 0. The average molecular weight is 335 g/mol. The molecule has 0 saturated heterocycles. The molecule has 0 aliphatic rings. The van der Waals surface area contributed by atoms with Crippen LogP contribution in [0.25, 0.3) is 0 Å². The molecule has 1 heterocycles. The Balaban J connectivity index is 1.74.